The Balaban J connectivity index is 2.14. The van der Waals surface area contributed by atoms with Gasteiger partial charge < -0.3 is 5.11 Å². The van der Waals surface area contributed by atoms with E-state index in [1.807, 2.05) is 0 Å². The molecule has 1 aliphatic carbocycles. The number of hydrogen-bond acceptors (Lipinski definition) is 3. The normalized spacial score (nSPS) is 18.7. The van der Waals surface area contributed by atoms with Gasteiger partial charge in [-0.3, -0.25) is 0 Å². The van der Waals surface area contributed by atoms with Gasteiger partial charge in [0.15, 0.2) is 0 Å². The summed E-state index contributed by atoms with van der Waals surface area (Å²) in [5, 5.41) is 10.3. The van der Waals surface area contributed by atoms with Crippen molar-refractivity contribution in [3.63, 3.8) is 0 Å². The fourth-order valence-corrected chi connectivity index (χ4v) is 3.65. The monoisotopic (exact) mass is 275 g/mol. The first kappa shape index (κ1) is 10.6. The van der Waals surface area contributed by atoms with Gasteiger partial charge in [0.2, 0.25) is 0 Å². The Morgan fingerprint density at radius 2 is 2.07 bits per heavy atom. The third kappa shape index (κ3) is 2.18. The van der Waals surface area contributed by atoms with E-state index in [4.69, 9.17) is 5.11 Å². The van der Waals surface area contributed by atoms with Gasteiger partial charge in [0.1, 0.15) is 0 Å². The van der Waals surface area contributed by atoms with Crippen molar-refractivity contribution >= 4 is 27.3 Å². The van der Waals surface area contributed by atoms with Gasteiger partial charge in [-0.25, -0.2) is 4.98 Å². The largest absolute Gasteiger partial charge is 0.390 e. The number of thiazole rings is 1. The van der Waals surface area contributed by atoms with E-state index in [2.05, 4.69) is 20.9 Å². The average Bonchev–Trinajstić information content (AvgIpc) is 2.61. The minimum Gasteiger partial charge on any atom is -0.390 e. The van der Waals surface area contributed by atoms with Crippen molar-refractivity contribution in [2.45, 2.75) is 44.6 Å². The molecule has 2 nitrogen and oxygen atoms in total. The van der Waals surface area contributed by atoms with Crippen molar-refractivity contribution in [2.24, 2.45) is 0 Å². The van der Waals surface area contributed by atoms with Crippen LogP contribution in [0.1, 0.15) is 48.7 Å². The molecular weight excluding hydrogens is 262 g/mol. The van der Waals surface area contributed by atoms with Crippen molar-refractivity contribution in [1.29, 1.82) is 0 Å². The molecule has 2 rings (SSSR count). The Morgan fingerprint density at radius 3 is 2.64 bits per heavy atom. The first-order valence-corrected chi connectivity index (χ1v) is 6.68. The molecule has 0 atom stereocenters. The van der Waals surface area contributed by atoms with E-state index in [0.717, 1.165) is 9.48 Å². The van der Waals surface area contributed by atoms with Crippen LogP contribution in [0.25, 0.3) is 0 Å². The van der Waals surface area contributed by atoms with Gasteiger partial charge in [-0.05, 0) is 28.8 Å². The van der Waals surface area contributed by atoms with Crippen molar-refractivity contribution in [3.05, 3.63) is 14.5 Å². The maximum Gasteiger partial charge on any atom is 0.0972 e. The zero-order chi connectivity index (χ0) is 9.97. The third-order valence-electron chi connectivity index (χ3n) is 2.77. The number of halogens is 1. The average molecular weight is 276 g/mol. The molecular formula is C10H14BrNOS. The number of aromatic nitrogens is 1. The summed E-state index contributed by atoms with van der Waals surface area (Å²) in [6.07, 6.45) is 6.57. The van der Waals surface area contributed by atoms with E-state index in [0.29, 0.717) is 5.92 Å². The summed E-state index contributed by atoms with van der Waals surface area (Å²) in [5.74, 6) is 0.644. The van der Waals surface area contributed by atoms with Crippen LogP contribution < -0.4 is 0 Å². The summed E-state index contributed by atoms with van der Waals surface area (Å²) in [4.78, 5) is 4.47. The molecule has 1 aliphatic rings. The van der Waals surface area contributed by atoms with Gasteiger partial charge in [0.25, 0.3) is 0 Å². The molecule has 4 heteroatoms. The maximum absolute atomic E-state index is 9.04. The number of aliphatic hydroxyl groups is 1. The molecule has 0 aromatic carbocycles. The maximum atomic E-state index is 9.04. The molecule has 0 unspecified atom stereocenters. The second-order valence-corrected chi connectivity index (χ2v) is 6.11. The van der Waals surface area contributed by atoms with E-state index in [1.165, 1.54) is 37.1 Å². The highest BCUT2D eigenvalue weighted by atomic mass is 79.9. The van der Waals surface area contributed by atoms with Crippen LogP contribution in [0, 0.1) is 0 Å². The van der Waals surface area contributed by atoms with Crippen molar-refractivity contribution in [3.8, 4) is 0 Å². The standard InChI is InChI=1S/C10H14BrNOS/c11-9-8(6-13)12-10(14-9)7-4-2-1-3-5-7/h7,13H,1-6H2. The molecule has 1 saturated carbocycles. The smallest absolute Gasteiger partial charge is 0.0972 e. The highest BCUT2D eigenvalue weighted by molar-refractivity contribution is 9.11. The van der Waals surface area contributed by atoms with E-state index in [1.54, 1.807) is 11.3 Å². The Labute approximate surface area is 96.5 Å². The second-order valence-electron chi connectivity index (χ2n) is 3.77. The van der Waals surface area contributed by atoms with Crippen LogP contribution in [0.3, 0.4) is 0 Å². The minimum absolute atomic E-state index is 0.0454. The molecule has 0 aliphatic heterocycles. The predicted molar refractivity (Wildman–Crippen MR) is 61.6 cm³/mol. The summed E-state index contributed by atoms with van der Waals surface area (Å²) in [6, 6.07) is 0. The Kier molecular flexibility index (Phi) is 3.57. The van der Waals surface area contributed by atoms with E-state index in [9.17, 15) is 0 Å². The lowest BCUT2D eigenvalue weighted by atomic mass is 9.90. The van der Waals surface area contributed by atoms with Crippen LogP contribution in [0.5, 0.6) is 0 Å². The molecule has 0 bridgehead atoms. The van der Waals surface area contributed by atoms with Gasteiger partial charge in [-0.15, -0.1) is 11.3 Å². The summed E-state index contributed by atoms with van der Waals surface area (Å²) in [6.45, 7) is 0.0454. The Hall–Kier alpha value is 0.0700. The lowest BCUT2D eigenvalue weighted by Gasteiger charge is -2.18. The molecule has 1 aromatic rings. The van der Waals surface area contributed by atoms with Gasteiger partial charge in [-0.2, -0.15) is 0 Å². The predicted octanol–water partition coefficient (Wildman–Crippen LogP) is 3.45. The Bertz CT molecular complexity index is 307. The molecule has 14 heavy (non-hydrogen) atoms. The summed E-state index contributed by atoms with van der Waals surface area (Å²) in [5.41, 5.74) is 0.801. The highest BCUT2D eigenvalue weighted by Gasteiger charge is 2.20. The van der Waals surface area contributed by atoms with E-state index >= 15 is 0 Å². The minimum atomic E-state index is 0.0454. The zero-order valence-corrected chi connectivity index (χ0v) is 10.4. The Morgan fingerprint density at radius 1 is 1.36 bits per heavy atom. The van der Waals surface area contributed by atoms with Crippen molar-refractivity contribution < 1.29 is 5.11 Å². The molecule has 1 fully saturated rings. The third-order valence-corrected chi connectivity index (χ3v) is 4.76. The quantitative estimate of drug-likeness (QED) is 0.897. The molecule has 0 amide bonds. The van der Waals surface area contributed by atoms with Crippen LogP contribution in [-0.2, 0) is 6.61 Å². The fourth-order valence-electron chi connectivity index (χ4n) is 1.97. The first-order valence-electron chi connectivity index (χ1n) is 5.07. The second kappa shape index (κ2) is 4.73. The first-order chi connectivity index (χ1) is 6.81. The molecule has 1 N–H and O–H groups in total. The number of nitrogens with zero attached hydrogens (tertiary/aromatic N) is 1. The lowest BCUT2D eigenvalue weighted by molar-refractivity contribution is 0.276. The van der Waals surface area contributed by atoms with E-state index < -0.39 is 0 Å². The molecule has 0 saturated heterocycles. The highest BCUT2D eigenvalue weighted by Crippen LogP contribution is 2.37. The molecule has 1 heterocycles. The SMILES string of the molecule is OCc1nc(C2CCCCC2)sc1Br. The van der Waals surface area contributed by atoms with Crippen LogP contribution in [0.4, 0.5) is 0 Å². The van der Waals surface area contributed by atoms with Gasteiger partial charge in [-0.1, -0.05) is 19.3 Å². The van der Waals surface area contributed by atoms with Crippen molar-refractivity contribution in [2.75, 3.05) is 0 Å². The summed E-state index contributed by atoms with van der Waals surface area (Å²) in [7, 11) is 0. The summed E-state index contributed by atoms with van der Waals surface area (Å²) >= 11 is 5.13. The van der Waals surface area contributed by atoms with Crippen LogP contribution in [0.15, 0.2) is 3.79 Å². The van der Waals surface area contributed by atoms with Gasteiger partial charge in [0, 0.05) is 5.92 Å². The van der Waals surface area contributed by atoms with Crippen LogP contribution in [-0.4, -0.2) is 10.1 Å². The zero-order valence-electron chi connectivity index (χ0n) is 8.00. The number of rotatable bonds is 2. The number of aliphatic hydroxyl groups excluding tert-OH is 1. The molecule has 0 radical (unpaired) electrons. The number of hydrogen-bond donors (Lipinski definition) is 1. The van der Waals surface area contributed by atoms with E-state index in [-0.39, 0.29) is 6.61 Å². The lowest BCUT2D eigenvalue weighted by Crippen LogP contribution is -2.04. The fraction of sp³-hybridized carbons (Fsp3) is 0.700. The van der Waals surface area contributed by atoms with Gasteiger partial charge >= 0.3 is 0 Å². The topological polar surface area (TPSA) is 33.1 Å². The molecule has 0 spiro atoms. The van der Waals surface area contributed by atoms with Gasteiger partial charge in [0.05, 0.1) is 21.1 Å². The van der Waals surface area contributed by atoms with Crippen LogP contribution in [0.2, 0.25) is 0 Å². The van der Waals surface area contributed by atoms with Crippen LogP contribution >= 0.6 is 27.3 Å². The summed E-state index contributed by atoms with van der Waals surface area (Å²) < 4.78 is 1.00. The van der Waals surface area contributed by atoms with Crippen molar-refractivity contribution in [1.82, 2.24) is 4.98 Å². The molecule has 1 aromatic heterocycles. The molecule has 78 valence electrons.